The van der Waals surface area contributed by atoms with Crippen molar-refractivity contribution in [3.05, 3.63) is 53.1 Å². The second-order valence-electron chi connectivity index (χ2n) is 12.9. The summed E-state index contributed by atoms with van der Waals surface area (Å²) in [5, 5.41) is 12.9. The van der Waals surface area contributed by atoms with Crippen LogP contribution in [0, 0.1) is 34.5 Å². The summed E-state index contributed by atoms with van der Waals surface area (Å²) in [6.07, 6.45) is 11.1. The number of fused-ring (bicyclic) bond motifs is 5. The van der Waals surface area contributed by atoms with Crippen LogP contribution in [0.4, 0.5) is 0 Å². The molecule has 0 bridgehead atoms. The average Bonchev–Trinajstić information content (AvgIpc) is 3.21. The van der Waals surface area contributed by atoms with Crippen LogP contribution < -0.4 is 10.1 Å². The van der Waals surface area contributed by atoms with E-state index in [9.17, 15) is 14.7 Å². The van der Waals surface area contributed by atoms with Gasteiger partial charge < -0.3 is 15.2 Å². The molecule has 1 unspecified atom stereocenters. The van der Waals surface area contributed by atoms with Gasteiger partial charge in [0.2, 0.25) is 5.91 Å². The van der Waals surface area contributed by atoms with E-state index in [1.165, 1.54) is 5.57 Å². The fourth-order valence-electron chi connectivity index (χ4n) is 8.53. The molecule has 1 amide bonds. The van der Waals surface area contributed by atoms with Gasteiger partial charge in [0.15, 0.2) is 0 Å². The molecule has 0 aromatic heterocycles. The molecule has 2 fully saturated rings. The minimum atomic E-state index is -0.779. The molecule has 0 spiro atoms. The number of benzene rings is 1. The molecule has 4 aliphatic carbocycles. The van der Waals surface area contributed by atoms with Crippen LogP contribution in [0.2, 0.25) is 0 Å². The van der Waals surface area contributed by atoms with Gasteiger partial charge in [-0.25, -0.2) is 4.79 Å². The molecule has 0 heterocycles. The summed E-state index contributed by atoms with van der Waals surface area (Å²) in [4.78, 5) is 25.4. The third-order valence-electron chi connectivity index (χ3n) is 10.7. The van der Waals surface area contributed by atoms with E-state index in [0.29, 0.717) is 36.4 Å². The SMILES string of the molecule is CCOc1ccc(C(C)(C)NC(=O)C2CC[C@H]3[C@@H]4CC=C5C=C(C(=O)O)CC[C@]5(C)[C@H]4CC[C@]23C)cc1. The normalized spacial score (nSPS) is 34.8. The van der Waals surface area contributed by atoms with Crippen LogP contribution >= 0.6 is 0 Å². The lowest BCUT2D eigenvalue weighted by atomic mass is 9.48. The lowest BCUT2D eigenvalue weighted by Gasteiger charge is -2.57. The monoisotopic (exact) mass is 505 g/mol. The third kappa shape index (κ3) is 4.32. The van der Waals surface area contributed by atoms with Crippen molar-refractivity contribution in [3.8, 4) is 5.75 Å². The summed E-state index contributed by atoms with van der Waals surface area (Å²) in [6, 6.07) is 8.06. The summed E-state index contributed by atoms with van der Waals surface area (Å²) in [7, 11) is 0. The highest BCUT2D eigenvalue weighted by atomic mass is 16.5. The van der Waals surface area contributed by atoms with Crippen molar-refractivity contribution < 1.29 is 19.4 Å². The molecule has 2 N–H and O–H groups in total. The third-order valence-corrected chi connectivity index (χ3v) is 10.7. The van der Waals surface area contributed by atoms with Gasteiger partial charge in [0.1, 0.15) is 5.75 Å². The maximum atomic E-state index is 13.8. The Morgan fingerprint density at radius 3 is 2.49 bits per heavy atom. The predicted octanol–water partition coefficient (Wildman–Crippen LogP) is 6.64. The maximum Gasteiger partial charge on any atom is 0.331 e. The average molecular weight is 506 g/mol. The molecule has 1 aromatic carbocycles. The number of amides is 1. The topological polar surface area (TPSA) is 75.6 Å². The quantitative estimate of drug-likeness (QED) is 0.455. The van der Waals surface area contributed by atoms with Gasteiger partial charge in [0, 0.05) is 11.5 Å². The molecular formula is C32H43NO4. The van der Waals surface area contributed by atoms with Gasteiger partial charge in [-0.15, -0.1) is 0 Å². The van der Waals surface area contributed by atoms with E-state index < -0.39 is 11.5 Å². The van der Waals surface area contributed by atoms with Crippen LogP contribution in [0.3, 0.4) is 0 Å². The number of ether oxygens (including phenoxy) is 1. The predicted molar refractivity (Wildman–Crippen MR) is 145 cm³/mol. The van der Waals surface area contributed by atoms with E-state index in [4.69, 9.17) is 4.74 Å². The summed E-state index contributed by atoms with van der Waals surface area (Å²) >= 11 is 0. The minimum absolute atomic E-state index is 0.0125. The maximum absolute atomic E-state index is 13.8. The number of nitrogens with one attached hydrogen (secondary N) is 1. The summed E-state index contributed by atoms with van der Waals surface area (Å²) < 4.78 is 5.59. The van der Waals surface area contributed by atoms with Gasteiger partial charge in [0.05, 0.1) is 12.1 Å². The van der Waals surface area contributed by atoms with E-state index in [-0.39, 0.29) is 22.7 Å². The number of allylic oxidation sites excluding steroid dienone is 3. The van der Waals surface area contributed by atoms with Crippen LogP contribution in [0.5, 0.6) is 5.75 Å². The van der Waals surface area contributed by atoms with E-state index in [1.807, 2.05) is 25.1 Å². The van der Waals surface area contributed by atoms with Gasteiger partial charge in [-0.2, -0.15) is 0 Å². The Labute approximate surface area is 221 Å². The Bertz CT molecular complexity index is 1130. The second-order valence-corrected chi connectivity index (χ2v) is 12.9. The molecule has 5 nitrogen and oxygen atoms in total. The van der Waals surface area contributed by atoms with Crippen LogP contribution in [0.15, 0.2) is 47.6 Å². The van der Waals surface area contributed by atoms with Crippen LogP contribution in [-0.4, -0.2) is 23.6 Å². The molecule has 1 aromatic rings. The zero-order valence-electron chi connectivity index (χ0n) is 23.1. The highest BCUT2D eigenvalue weighted by Gasteiger charge is 2.59. The lowest BCUT2D eigenvalue weighted by Crippen LogP contribution is -2.52. The molecule has 4 aliphatic rings. The largest absolute Gasteiger partial charge is 0.494 e. The molecular weight excluding hydrogens is 462 g/mol. The smallest absolute Gasteiger partial charge is 0.331 e. The van der Waals surface area contributed by atoms with E-state index in [2.05, 4.69) is 51.2 Å². The molecule has 0 aliphatic heterocycles. The highest BCUT2D eigenvalue weighted by Crippen LogP contribution is 2.66. The van der Waals surface area contributed by atoms with Crippen molar-refractivity contribution in [2.24, 2.45) is 34.5 Å². The van der Waals surface area contributed by atoms with Crippen molar-refractivity contribution >= 4 is 11.9 Å². The molecule has 0 saturated heterocycles. The number of carbonyl (C=O) groups excluding carboxylic acids is 1. The van der Waals surface area contributed by atoms with Gasteiger partial charge in [0.25, 0.3) is 0 Å². The number of carboxylic acid groups (broad SMARTS) is 1. The number of aliphatic carboxylic acids is 1. The first-order valence-electron chi connectivity index (χ1n) is 14.2. The molecule has 2 saturated carbocycles. The van der Waals surface area contributed by atoms with Crippen LogP contribution in [0.1, 0.15) is 85.1 Å². The van der Waals surface area contributed by atoms with Crippen molar-refractivity contribution in [1.82, 2.24) is 5.32 Å². The zero-order valence-corrected chi connectivity index (χ0v) is 23.1. The first kappa shape index (κ1) is 26.1. The van der Waals surface area contributed by atoms with E-state index in [1.54, 1.807) is 0 Å². The number of carbonyl (C=O) groups is 2. The van der Waals surface area contributed by atoms with E-state index in [0.717, 1.165) is 49.8 Å². The molecule has 200 valence electrons. The first-order valence-corrected chi connectivity index (χ1v) is 14.2. The van der Waals surface area contributed by atoms with Crippen molar-refractivity contribution in [3.63, 3.8) is 0 Å². The van der Waals surface area contributed by atoms with Crippen molar-refractivity contribution in [2.45, 2.75) is 85.1 Å². The number of carboxylic acids is 1. The second kappa shape index (κ2) is 9.32. The molecule has 0 radical (unpaired) electrons. The minimum Gasteiger partial charge on any atom is -0.494 e. The summed E-state index contributed by atoms with van der Waals surface area (Å²) in [5.74, 6) is 1.97. The fraction of sp³-hybridized carbons (Fsp3) is 0.625. The van der Waals surface area contributed by atoms with Gasteiger partial charge in [-0.3, -0.25) is 4.79 Å². The molecule has 5 heteroatoms. The fourth-order valence-corrected chi connectivity index (χ4v) is 8.53. The van der Waals surface area contributed by atoms with Gasteiger partial charge >= 0.3 is 5.97 Å². The van der Waals surface area contributed by atoms with E-state index >= 15 is 0 Å². The Kier molecular flexibility index (Phi) is 6.57. The summed E-state index contributed by atoms with van der Waals surface area (Å²) in [6.45, 7) is 11.5. The highest BCUT2D eigenvalue weighted by molar-refractivity contribution is 5.87. The Morgan fingerprint density at radius 1 is 1.08 bits per heavy atom. The first-order chi connectivity index (χ1) is 17.5. The lowest BCUT2D eigenvalue weighted by molar-refractivity contribution is -0.133. The Hall–Kier alpha value is -2.56. The van der Waals surface area contributed by atoms with Crippen LogP contribution in [-0.2, 0) is 15.1 Å². The van der Waals surface area contributed by atoms with Crippen molar-refractivity contribution in [1.29, 1.82) is 0 Å². The molecule has 6 atom stereocenters. The number of hydrogen-bond acceptors (Lipinski definition) is 3. The zero-order chi connectivity index (χ0) is 26.6. The standard InChI is InChI=1S/C32H43NO4/c1-6-37-23-10-7-21(8-11-23)30(2,3)33-28(34)27-14-13-25-24-12-9-22-19-20(29(35)36)15-17-31(22,4)26(24)16-18-32(25,27)5/h7-11,19,24-27H,6,12-18H2,1-5H3,(H,33,34)(H,35,36)/t24-,25-,26-,27?,31-,32-/m0/s1. The number of rotatable bonds is 6. The Balaban J connectivity index is 1.33. The van der Waals surface area contributed by atoms with Crippen LogP contribution in [0.25, 0.3) is 0 Å². The van der Waals surface area contributed by atoms with Gasteiger partial charge in [-0.1, -0.05) is 32.1 Å². The molecule has 5 rings (SSSR count). The Morgan fingerprint density at radius 2 is 1.81 bits per heavy atom. The van der Waals surface area contributed by atoms with Crippen molar-refractivity contribution in [2.75, 3.05) is 6.61 Å². The number of hydrogen-bond donors (Lipinski definition) is 2. The summed E-state index contributed by atoms with van der Waals surface area (Å²) in [5.41, 5.74) is 2.48. The molecule has 37 heavy (non-hydrogen) atoms. The van der Waals surface area contributed by atoms with Gasteiger partial charge in [-0.05, 0) is 124 Å².